The zero-order valence-electron chi connectivity index (χ0n) is 10.7. The van der Waals surface area contributed by atoms with Gasteiger partial charge in [-0.05, 0) is 42.8 Å². The minimum Gasteiger partial charge on any atom is -0.507 e. The monoisotopic (exact) mass is 243 g/mol. The van der Waals surface area contributed by atoms with Crippen LogP contribution in [0.2, 0.25) is 0 Å². The second-order valence-corrected chi connectivity index (χ2v) is 4.19. The molecule has 2 aromatic rings. The van der Waals surface area contributed by atoms with E-state index in [1.807, 2.05) is 24.3 Å². The van der Waals surface area contributed by atoms with Crippen LogP contribution in [0.25, 0.3) is 10.8 Å². The highest BCUT2D eigenvalue weighted by Gasteiger charge is 2.08. The van der Waals surface area contributed by atoms with Crippen molar-refractivity contribution < 1.29 is 9.90 Å². The predicted molar refractivity (Wildman–Crippen MR) is 74.6 cm³/mol. The van der Waals surface area contributed by atoms with E-state index in [1.54, 1.807) is 6.07 Å². The standard InChI is InChI=1S/C15H17NO2/c1-3-16(4-2)12-7-5-11-6-8-15(18)14(10-17)13(11)9-12/h5-10,18H,3-4H2,1-2H3. The van der Waals surface area contributed by atoms with E-state index in [0.29, 0.717) is 11.8 Å². The minimum atomic E-state index is 0.0363. The summed E-state index contributed by atoms with van der Waals surface area (Å²) < 4.78 is 0. The van der Waals surface area contributed by atoms with Crippen molar-refractivity contribution in [2.75, 3.05) is 18.0 Å². The van der Waals surface area contributed by atoms with Crippen molar-refractivity contribution >= 4 is 22.7 Å². The molecule has 0 aliphatic rings. The Kier molecular flexibility index (Phi) is 3.51. The summed E-state index contributed by atoms with van der Waals surface area (Å²) in [5.41, 5.74) is 1.43. The summed E-state index contributed by atoms with van der Waals surface area (Å²) in [7, 11) is 0. The van der Waals surface area contributed by atoms with Crippen molar-refractivity contribution in [3.63, 3.8) is 0 Å². The topological polar surface area (TPSA) is 40.5 Å². The average molecular weight is 243 g/mol. The van der Waals surface area contributed by atoms with E-state index in [9.17, 15) is 9.90 Å². The van der Waals surface area contributed by atoms with Crippen LogP contribution in [-0.2, 0) is 0 Å². The molecular formula is C15H17NO2. The fraction of sp³-hybridized carbons (Fsp3) is 0.267. The second-order valence-electron chi connectivity index (χ2n) is 4.19. The Bertz CT molecular complexity index is 574. The Labute approximate surface area is 107 Å². The summed E-state index contributed by atoms with van der Waals surface area (Å²) in [5, 5.41) is 11.5. The smallest absolute Gasteiger partial charge is 0.154 e. The molecule has 2 rings (SSSR count). The maximum Gasteiger partial charge on any atom is 0.154 e. The van der Waals surface area contributed by atoms with Crippen LogP contribution in [-0.4, -0.2) is 24.5 Å². The van der Waals surface area contributed by atoms with Crippen LogP contribution in [0.3, 0.4) is 0 Å². The second kappa shape index (κ2) is 5.08. The Balaban J connectivity index is 2.65. The van der Waals surface area contributed by atoms with E-state index in [-0.39, 0.29) is 5.75 Å². The number of phenols is 1. The number of nitrogens with zero attached hydrogens (tertiary/aromatic N) is 1. The van der Waals surface area contributed by atoms with Crippen LogP contribution in [0.5, 0.6) is 5.75 Å². The first-order valence-corrected chi connectivity index (χ1v) is 6.17. The number of aldehydes is 1. The lowest BCUT2D eigenvalue weighted by Gasteiger charge is -2.21. The van der Waals surface area contributed by atoms with Gasteiger partial charge in [0.25, 0.3) is 0 Å². The Hall–Kier alpha value is -2.03. The van der Waals surface area contributed by atoms with Crippen molar-refractivity contribution in [1.82, 2.24) is 0 Å². The zero-order valence-corrected chi connectivity index (χ0v) is 10.7. The van der Waals surface area contributed by atoms with Gasteiger partial charge < -0.3 is 10.0 Å². The van der Waals surface area contributed by atoms with Crippen molar-refractivity contribution in [2.24, 2.45) is 0 Å². The van der Waals surface area contributed by atoms with Crippen LogP contribution in [0.1, 0.15) is 24.2 Å². The van der Waals surface area contributed by atoms with Crippen molar-refractivity contribution in [1.29, 1.82) is 0 Å². The van der Waals surface area contributed by atoms with Gasteiger partial charge in [-0.1, -0.05) is 12.1 Å². The highest BCUT2D eigenvalue weighted by Crippen LogP contribution is 2.29. The molecule has 0 spiro atoms. The van der Waals surface area contributed by atoms with E-state index in [2.05, 4.69) is 18.7 Å². The van der Waals surface area contributed by atoms with Crippen molar-refractivity contribution in [3.05, 3.63) is 35.9 Å². The highest BCUT2D eigenvalue weighted by molar-refractivity contribution is 6.02. The molecule has 1 N–H and O–H groups in total. The van der Waals surface area contributed by atoms with Crippen LogP contribution >= 0.6 is 0 Å². The van der Waals surface area contributed by atoms with E-state index < -0.39 is 0 Å². The molecule has 0 saturated carbocycles. The molecule has 0 saturated heterocycles. The third kappa shape index (κ3) is 2.04. The van der Waals surface area contributed by atoms with Crippen molar-refractivity contribution in [3.8, 4) is 5.75 Å². The SMILES string of the molecule is CCN(CC)c1ccc2ccc(O)c(C=O)c2c1. The van der Waals surface area contributed by atoms with Gasteiger partial charge in [-0.3, -0.25) is 4.79 Å². The average Bonchev–Trinajstić information content (AvgIpc) is 2.40. The lowest BCUT2D eigenvalue weighted by Crippen LogP contribution is -2.21. The van der Waals surface area contributed by atoms with Gasteiger partial charge in [0.05, 0.1) is 5.56 Å². The summed E-state index contributed by atoms with van der Waals surface area (Å²) in [6.45, 7) is 6.02. The Morgan fingerprint density at radius 2 is 1.83 bits per heavy atom. The molecule has 0 aromatic heterocycles. The fourth-order valence-electron chi connectivity index (χ4n) is 2.23. The number of phenolic OH excluding ortho intramolecular Hbond substituents is 1. The fourth-order valence-corrected chi connectivity index (χ4v) is 2.23. The number of hydrogen-bond acceptors (Lipinski definition) is 3. The molecule has 3 heteroatoms. The summed E-state index contributed by atoms with van der Waals surface area (Å²) in [6, 6.07) is 9.37. The molecule has 2 aromatic carbocycles. The molecule has 0 fully saturated rings. The number of anilines is 1. The summed E-state index contributed by atoms with van der Waals surface area (Å²) >= 11 is 0. The van der Waals surface area contributed by atoms with Crippen LogP contribution in [0.4, 0.5) is 5.69 Å². The maximum absolute atomic E-state index is 11.1. The van der Waals surface area contributed by atoms with Gasteiger partial charge in [0.1, 0.15) is 5.75 Å². The van der Waals surface area contributed by atoms with Gasteiger partial charge >= 0.3 is 0 Å². The molecule has 0 unspecified atom stereocenters. The van der Waals surface area contributed by atoms with Crippen molar-refractivity contribution in [2.45, 2.75) is 13.8 Å². The lowest BCUT2D eigenvalue weighted by molar-refractivity contribution is 0.112. The van der Waals surface area contributed by atoms with Gasteiger partial charge in [0.15, 0.2) is 6.29 Å². The molecule has 3 nitrogen and oxygen atoms in total. The molecule has 0 amide bonds. The highest BCUT2D eigenvalue weighted by atomic mass is 16.3. The molecule has 94 valence electrons. The number of aromatic hydroxyl groups is 1. The van der Waals surface area contributed by atoms with Gasteiger partial charge in [0, 0.05) is 18.8 Å². The molecule has 0 aliphatic heterocycles. The minimum absolute atomic E-state index is 0.0363. The molecule has 0 heterocycles. The first kappa shape index (κ1) is 12.4. The van der Waals surface area contributed by atoms with E-state index in [0.717, 1.165) is 29.5 Å². The van der Waals surface area contributed by atoms with Crippen LogP contribution < -0.4 is 4.90 Å². The summed E-state index contributed by atoms with van der Waals surface area (Å²) in [5.74, 6) is 0.0363. The number of carbonyl (C=O) groups excluding carboxylic acids is 1. The van der Waals surface area contributed by atoms with Gasteiger partial charge in [-0.25, -0.2) is 0 Å². The van der Waals surface area contributed by atoms with E-state index in [4.69, 9.17) is 0 Å². The number of benzene rings is 2. The van der Waals surface area contributed by atoms with Crippen LogP contribution in [0, 0.1) is 0 Å². The van der Waals surface area contributed by atoms with Gasteiger partial charge in [-0.15, -0.1) is 0 Å². The predicted octanol–water partition coefficient (Wildman–Crippen LogP) is 3.20. The third-order valence-corrected chi connectivity index (χ3v) is 3.27. The molecular weight excluding hydrogens is 226 g/mol. The molecule has 0 radical (unpaired) electrons. The quantitative estimate of drug-likeness (QED) is 0.838. The van der Waals surface area contributed by atoms with Crippen LogP contribution in [0.15, 0.2) is 30.3 Å². The Morgan fingerprint density at radius 1 is 1.17 bits per heavy atom. The largest absolute Gasteiger partial charge is 0.507 e. The lowest BCUT2D eigenvalue weighted by atomic mass is 10.0. The number of rotatable bonds is 4. The zero-order chi connectivity index (χ0) is 13.1. The molecule has 0 bridgehead atoms. The molecule has 0 atom stereocenters. The number of hydrogen-bond donors (Lipinski definition) is 1. The molecule has 18 heavy (non-hydrogen) atoms. The summed E-state index contributed by atoms with van der Waals surface area (Å²) in [6.07, 6.45) is 0.712. The first-order chi connectivity index (χ1) is 8.71. The normalized spacial score (nSPS) is 10.6. The van der Waals surface area contributed by atoms with Gasteiger partial charge in [0.2, 0.25) is 0 Å². The van der Waals surface area contributed by atoms with Gasteiger partial charge in [-0.2, -0.15) is 0 Å². The summed E-state index contributed by atoms with van der Waals surface area (Å²) in [4.78, 5) is 13.3. The van der Waals surface area contributed by atoms with E-state index >= 15 is 0 Å². The van der Waals surface area contributed by atoms with E-state index in [1.165, 1.54) is 0 Å². The Morgan fingerprint density at radius 3 is 2.44 bits per heavy atom. The maximum atomic E-state index is 11.1. The number of fused-ring (bicyclic) bond motifs is 1. The first-order valence-electron chi connectivity index (χ1n) is 6.17. The number of carbonyl (C=O) groups is 1. The third-order valence-electron chi connectivity index (χ3n) is 3.27. The molecule has 0 aliphatic carbocycles.